The summed E-state index contributed by atoms with van der Waals surface area (Å²) in [5, 5.41) is 2.94. The number of methoxy groups -OCH3 is 1. The summed E-state index contributed by atoms with van der Waals surface area (Å²) in [6.07, 6.45) is 6.46. The van der Waals surface area contributed by atoms with E-state index in [1.165, 1.54) is 32.4 Å². The van der Waals surface area contributed by atoms with Crippen molar-refractivity contribution < 1.29 is 14.3 Å². The molecular weight excluding hydrogens is 320 g/mol. The summed E-state index contributed by atoms with van der Waals surface area (Å²) in [6.45, 7) is 4.97. The van der Waals surface area contributed by atoms with Crippen LogP contribution in [0.2, 0.25) is 0 Å². The standard InChI is InChI=1S/C18H28N4O3/c1-24-11-12-25-17-7-6-15(13-19-17)20-18(23)22-10-4-5-16(14-22)21-8-2-3-9-21/h6-7,13,16H,2-5,8-12,14H2,1H3,(H,20,23)/t16-/m1/s1. The fraction of sp³-hybridized carbons (Fsp3) is 0.667. The van der Waals surface area contributed by atoms with Crippen LogP contribution in [0, 0.1) is 0 Å². The molecular formula is C18H28N4O3. The Morgan fingerprint density at radius 3 is 2.80 bits per heavy atom. The van der Waals surface area contributed by atoms with E-state index < -0.39 is 0 Å². The van der Waals surface area contributed by atoms with Gasteiger partial charge in [-0.2, -0.15) is 0 Å². The second kappa shape index (κ2) is 9.01. The number of urea groups is 1. The van der Waals surface area contributed by atoms with Gasteiger partial charge in [0.2, 0.25) is 5.88 Å². The zero-order valence-electron chi connectivity index (χ0n) is 14.9. The first kappa shape index (κ1) is 17.9. The SMILES string of the molecule is COCCOc1ccc(NC(=O)N2CCC[C@@H](N3CCCC3)C2)cn1. The number of hydrogen-bond donors (Lipinski definition) is 1. The molecule has 0 saturated carbocycles. The minimum Gasteiger partial charge on any atom is -0.475 e. The summed E-state index contributed by atoms with van der Waals surface area (Å²) < 4.78 is 10.4. The van der Waals surface area contributed by atoms with Crippen molar-refractivity contribution in [3.8, 4) is 5.88 Å². The molecule has 3 heterocycles. The first-order valence-electron chi connectivity index (χ1n) is 9.14. The number of nitrogens with one attached hydrogen (secondary N) is 1. The maximum atomic E-state index is 12.5. The highest BCUT2D eigenvalue weighted by Gasteiger charge is 2.29. The molecule has 3 rings (SSSR count). The van der Waals surface area contributed by atoms with Gasteiger partial charge in [0.1, 0.15) is 6.61 Å². The lowest BCUT2D eigenvalue weighted by Crippen LogP contribution is -2.50. The van der Waals surface area contributed by atoms with Gasteiger partial charge >= 0.3 is 6.03 Å². The molecule has 1 aromatic heterocycles. The average Bonchev–Trinajstić information content (AvgIpc) is 3.18. The van der Waals surface area contributed by atoms with Gasteiger partial charge in [0, 0.05) is 32.3 Å². The average molecular weight is 348 g/mol. The maximum Gasteiger partial charge on any atom is 0.321 e. The Labute approximate surface area is 149 Å². The van der Waals surface area contributed by atoms with E-state index in [1.807, 2.05) is 11.0 Å². The van der Waals surface area contributed by atoms with Crippen molar-refractivity contribution in [2.75, 3.05) is 51.8 Å². The van der Waals surface area contributed by atoms with Crippen molar-refractivity contribution >= 4 is 11.7 Å². The van der Waals surface area contributed by atoms with E-state index in [9.17, 15) is 4.79 Å². The second-order valence-corrected chi connectivity index (χ2v) is 6.64. The number of amides is 2. The summed E-state index contributed by atoms with van der Waals surface area (Å²) >= 11 is 0. The second-order valence-electron chi connectivity index (χ2n) is 6.64. The number of pyridine rings is 1. The van der Waals surface area contributed by atoms with Crippen molar-refractivity contribution in [3.63, 3.8) is 0 Å². The maximum absolute atomic E-state index is 12.5. The fourth-order valence-electron chi connectivity index (χ4n) is 3.52. The third kappa shape index (κ3) is 5.06. The van der Waals surface area contributed by atoms with Gasteiger partial charge in [-0.15, -0.1) is 0 Å². The molecule has 2 aliphatic rings. The summed E-state index contributed by atoms with van der Waals surface area (Å²) in [7, 11) is 1.63. The Kier molecular flexibility index (Phi) is 6.47. The van der Waals surface area contributed by atoms with Crippen LogP contribution < -0.4 is 10.1 Å². The zero-order valence-corrected chi connectivity index (χ0v) is 14.9. The molecule has 1 aromatic rings. The quantitative estimate of drug-likeness (QED) is 0.799. The molecule has 7 heteroatoms. The Morgan fingerprint density at radius 2 is 2.08 bits per heavy atom. The van der Waals surface area contributed by atoms with Gasteiger partial charge in [0.15, 0.2) is 0 Å². The van der Waals surface area contributed by atoms with Crippen LogP contribution in [-0.4, -0.2) is 73.4 Å². The van der Waals surface area contributed by atoms with E-state index in [0.29, 0.717) is 30.8 Å². The highest BCUT2D eigenvalue weighted by molar-refractivity contribution is 5.89. The summed E-state index contributed by atoms with van der Waals surface area (Å²) in [4.78, 5) is 21.2. The predicted octanol–water partition coefficient (Wildman–Crippen LogP) is 2.20. The van der Waals surface area contributed by atoms with E-state index in [0.717, 1.165) is 19.5 Å². The van der Waals surface area contributed by atoms with Gasteiger partial charge in [-0.05, 0) is 44.8 Å². The molecule has 1 atom stereocenters. The van der Waals surface area contributed by atoms with Crippen molar-refractivity contribution in [2.24, 2.45) is 0 Å². The van der Waals surface area contributed by atoms with Crippen LogP contribution in [0.25, 0.3) is 0 Å². The lowest BCUT2D eigenvalue weighted by Gasteiger charge is -2.37. The molecule has 2 saturated heterocycles. The molecule has 0 aliphatic carbocycles. The van der Waals surface area contributed by atoms with Crippen molar-refractivity contribution in [3.05, 3.63) is 18.3 Å². The van der Waals surface area contributed by atoms with Crippen LogP contribution in [0.3, 0.4) is 0 Å². The van der Waals surface area contributed by atoms with Gasteiger partial charge in [0.05, 0.1) is 18.5 Å². The third-order valence-corrected chi connectivity index (χ3v) is 4.87. The van der Waals surface area contributed by atoms with Crippen molar-refractivity contribution in [2.45, 2.75) is 31.7 Å². The number of aromatic nitrogens is 1. The molecule has 0 radical (unpaired) electrons. The van der Waals surface area contributed by atoms with Gasteiger partial charge in [-0.25, -0.2) is 9.78 Å². The van der Waals surface area contributed by atoms with Gasteiger partial charge in [0.25, 0.3) is 0 Å². The van der Waals surface area contributed by atoms with Crippen LogP contribution in [-0.2, 0) is 4.74 Å². The largest absolute Gasteiger partial charge is 0.475 e. The molecule has 7 nitrogen and oxygen atoms in total. The molecule has 0 unspecified atom stereocenters. The number of ether oxygens (including phenoxy) is 2. The van der Waals surface area contributed by atoms with Gasteiger partial charge < -0.3 is 19.7 Å². The van der Waals surface area contributed by atoms with E-state index in [1.54, 1.807) is 19.4 Å². The number of anilines is 1. The monoisotopic (exact) mass is 348 g/mol. The fourth-order valence-corrected chi connectivity index (χ4v) is 3.52. The van der Waals surface area contributed by atoms with Gasteiger partial charge in [-0.1, -0.05) is 0 Å². The molecule has 0 bridgehead atoms. The van der Waals surface area contributed by atoms with E-state index in [2.05, 4.69) is 15.2 Å². The first-order valence-corrected chi connectivity index (χ1v) is 9.14. The summed E-state index contributed by atoms with van der Waals surface area (Å²) in [5.41, 5.74) is 0.687. The normalized spacial score (nSPS) is 21.3. The predicted molar refractivity (Wildman–Crippen MR) is 96.0 cm³/mol. The van der Waals surface area contributed by atoms with E-state index in [4.69, 9.17) is 9.47 Å². The topological polar surface area (TPSA) is 66.9 Å². The zero-order chi connectivity index (χ0) is 17.5. The summed E-state index contributed by atoms with van der Waals surface area (Å²) in [6, 6.07) is 4.04. The number of piperidine rings is 1. The minimum absolute atomic E-state index is 0.0428. The minimum atomic E-state index is -0.0428. The van der Waals surface area contributed by atoms with Crippen LogP contribution >= 0.6 is 0 Å². The number of carbonyl (C=O) groups is 1. The lowest BCUT2D eigenvalue weighted by atomic mass is 10.0. The summed E-state index contributed by atoms with van der Waals surface area (Å²) in [5.74, 6) is 0.530. The Bertz CT molecular complexity index is 546. The molecule has 138 valence electrons. The smallest absolute Gasteiger partial charge is 0.321 e. The Hall–Kier alpha value is -1.86. The molecule has 2 fully saturated rings. The van der Waals surface area contributed by atoms with Crippen LogP contribution in [0.15, 0.2) is 18.3 Å². The third-order valence-electron chi connectivity index (χ3n) is 4.87. The highest BCUT2D eigenvalue weighted by Crippen LogP contribution is 2.21. The van der Waals surface area contributed by atoms with E-state index >= 15 is 0 Å². The first-order chi connectivity index (χ1) is 12.3. The number of hydrogen-bond acceptors (Lipinski definition) is 5. The number of likely N-dealkylation sites (tertiary alicyclic amines) is 2. The molecule has 0 spiro atoms. The molecule has 2 amide bonds. The van der Waals surface area contributed by atoms with E-state index in [-0.39, 0.29) is 6.03 Å². The molecule has 2 aliphatic heterocycles. The van der Waals surface area contributed by atoms with Crippen LogP contribution in [0.5, 0.6) is 5.88 Å². The highest BCUT2D eigenvalue weighted by atomic mass is 16.5. The Morgan fingerprint density at radius 1 is 1.24 bits per heavy atom. The van der Waals surface area contributed by atoms with Crippen molar-refractivity contribution in [1.29, 1.82) is 0 Å². The van der Waals surface area contributed by atoms with Crippen LogP contribution in [0.4, 0.5) is 10.5 Å². The van der Waals surface area contributed by atoms with Gasteiger partial charge in [-0.3, -0.25) is 4.90 Å². The number of nitrogens with zero attached hydrogens (tertiary/aromatic N) is 3. The van der Waals surface area contributed by atoms with Crippen molar-refractivity contribution in [1.82, 2.24) is 14.8 Å². The number of rotatable bonds is 6. The lowest BCUT2D eigenvalue weighted by molar-refractivity contribution is 0.131. The molecule has 1 N–H and O–H groups in total. The number of carbonyl (C=O) groups excluding carboxylic acids is 1. The molecule has 25 heavy (non-hydrogen) atoms. The van der Waals surface area contributed by atoms with Crippen LogP contribution in [0.1, 0.15) is 25.7 Å². The Balaban J connectivity index is 1.49. The molecule has 0 aromatic carbocycles.